The maximum atomic E-state index is 11.6. The Labute approximate surface area is 89.6 Å². The van der Waals surface area contributed by atoms with E-state index in [1.807, 2.05) is 18.2 Å². The lowest BCUT2D eigenvalue weighted by atomic mass is 10.2. The van der Waals surface area contributed by atoms with Crippen LogP contribution in [0.25, 0.3) is 0 Å². The first-order valence-electron chi connectivity index (χ1n) is 5.26. The molecule has 0 spiro atoms. The van der Waals surface area contributed by atoms with Gasteiger partial charge in [-0.1, -0.05) is 31.2 Å². The Morgan fingerprint density at radius 1 is 1.47 bits per heavy atom. The molecule has 1 aromatic carbocycles. The summed E-state index contributed by atoms with van der Waals surface area (Å²) in [5.74, 6) is -0.222. The molecule has 0 saturated heterocycles. The van der Waals surface area contributed by atoms with Crippen LogP contribution in [0.15, 0.2) is 42.0 Å². The molecular weight excluding hydrogens is 188 g/mol. The first-order valence-corrected chi connectivity index (χ1v) is 5.26. The molecule has 0 radical (unpaired) electrons. The van der Waals surface area contributed by atoms with Crippen LogP contribution in [0.3, 0.4) is 0 Å². The van der Waals surface area contributed by atoms with E-state index >= 15 is 0 Å². The first kappa shape index (κ1) is 9.97. The third-order valence-electron chi connectivity index (χ3n) is 2.40. The minimum Gasteiger partial charge on any atom is -0.454 e. The van der Waals surface area contributed by atoms with Crippen molar-refractivity contribution in [1.29, 1.82) is 0 Å². The third-order valence-corrected chi connectivity index (χ3v) is 2.40. The maximum absolute atomic E-state index is 11.6. The lowest BCUT2D eigenvalue weighted by molar-refractivity contribution is 0.0488. The summed E-state index contributed by atoms with van der Waals surface area (Å²) in [7, 11) is 0. The lowest BCUT2D eigenvalue weighted by Crippen LogP contribution is -2.06. The fourth-order valence-corrected chi connectivity index (χ4v) is 1.52. The van der Waals surface area contributed by atoms with Crippen molar-refractivity contribution >= 4 is 5.97 Å². The fraction of sp³-hybridized carbons (Fsp3) is 0.308. The molecule has 0 heterocycles. The summed E-state index contributed by atoms with van der Waals surface area (Å²) >= 11 is 0. The number of benzene rings is 1. The summed E-state index contributed by atoms with van der Waals surface area (Å²) in [5, 5.41) is 0. The molecule has 1 atom stereocenters. The van der Waals surface area contributed by atoms with Crippen LogP contribution in [0.1, 0.15) is 30.1 Å². The maximum Gasteiger partial charge on any atom is 0.338 e. The molecule has 0 amide bonds. The fourth-order valence-electron chi connectivity index (χ4n) is 1.52. The van der Waals surface area contributed by atoms with E-state index in [4.69, 9.17) is 4.74 Å². The lowest BCUT2D eigenvalue weighted by Gasteiger charge is -2.01. The topological polar surface area (TPSA) is 26.3 Å². The highest BCUT2D eigenvalue weighted by Gasteiger charge is 2.33. The van der Waals surface area contributed by atoms with Gasteiger partial charge in [-0.05, 0) is 24.1 Å². The van der Waals surface area contributed by atoms with Gasteiger partial charge in [-0.2, -0.15) is 0 Å². The van der Waals surface area contributed by atoms with Crippen molar-refractivity contribution in [2.45, 2.75) is 25.9 Å². The molecule has 0 bridgehead atoms. The third kappa shape index (κ3) is 2.46. The zero-order chi connectivity index (χ0) is 10.7. The monoisotopic (exact) mass is 202 g/mol. The quantitative estimate of drug-likeness (QED) is 0.556. The molecule has 15 heavy (non-hydrogen) atoms. The Hall–Kier alpha value is -1.57. The smallest absolute Gasteiger partial charge is 0.338 e. The molecule has 0 aromatic heterocycles. The highest BCUT2D eigenvalue weighted by atomic mass is 16.5. The first-order chi connectivity index (χ1) is 7.31. The molecule has 1 saturated carbocycles. The van der Waals surface area contributed by atoms with Gasteiger partial charge in [-0.25, -0.2) is 4.79 Å². The Morgan fingerprint density at radius 3 is 2.87 bits per heavy atom. The number of ether oxygens (including phenoxy) is 1. The van der Waals surface area contributed by atoms with Crippen LogP contribution in [-0.4, -0.2) is 12.1 Å². The second-order valence-electron chi connectivity index (χ2n) is 3.65. The minimum atomic E-state index is -0.222. The van der Waals surface area contributed by atoms with Crippen molar-refractivity contribution in [2.24, 2.45) is 0 Å². The molecular formula is C13H14O2. The number of carbonyl (C=O) groups is 1. The highest BCUT2D eigenvalue weighted by Crippen LogP contribution is 2.33. The van der Waals surface area contributed by atoms with Gasteiger partial charge in [0.05, 0.1) is 5.56 Å². The van der Waals surface area contributed by atoms with Crippen molar-refractivity contribution in [1.82, 2.24) is 0 Å². The number of hydrogen-bond acceptors (Lipinski definition) is 2. The van der Waals surface area contributed by atoms with E-state index in [1.54, 1.807) is 12.1 Å². The SMILES string of the molecule is CC/C=C1\C[C@@H]1OC(=O)c1ccccc1. The van der Waals surface area contributed by atoms with Crippen molar-refractivity contribution in [3.8, 4) is 0 Å². The summed E-state index contributed by atoms with van der Waals surface area (Å²) in [6, 6.07) is 9.11. The van der Waals surface area contributed by atoms with Gasteiger partial charge in [-0.15, -0.1) is 0 Å². The summed E-state index contributed by atoms with van der Waals surface area (Å²) in [6.45, 7) is 2.08. The molecule has 78 valence electrons. The van der Waals surface area contributed by atoms with Crippen LogP contribution in [0, 0.1) is 0 Å². The molecule has 2 nitrogen and oxygen atoms in total. The largest absolute Gasteiger partial charge is 0.454 e. The predicted octanol–water partition coefficient (Wildman–Crippen LogP) is 2.95. The van der Waals surface area contributed by atoms with Gasteiger partial charge in [0, 0.05) is 6.42 Å². The molecule has 1 fully saturated rings. The summed E-state index contributed by atoms with van der Waals surface area (Å²) in [4.78, 5) is 11.6. The summed E-state index contributed by atoms with van der Waals surface area (Å²) < 4.78 is 5.31. The van der Waals surface area contributed by atoms with E-state index in [0.29, 0.717) is 5.56 Å². The average Bonchev–Trinajstić information content (AvgIpc) is 2.98. The normalized spacial score (nSPS) is 21.4. The van der Waals surface area contributed by atoms with Gasteiger partial charge in [-0.3, -0.25) is 0 Å². The van der Waals surface area contributed by atoms with Crippen molar-refractivity contribution in [3.63, 3.8) is 0 Å². The van der Waals surface area contributed by atoms with Crippen LogP contribution in [0.5, 0.6) is 0 Å². The van der Waals surface area contributed by atoms with Crippen LogP contribution in [0.4, 0.5) is 0 Å². The second-order valence-corrected chi connectivity index (χ2v) is 3.65. The highest BCUT2D eigenvalue weighted by molar-refractivity contribution is 5.89. The average molecular weight is 202 g/mol. The predicted molar refractivity (Wildman–Crippen MR) is 58.6 cm³/mol. The van der Waals surface area contributed by atoms with E-state index in [2.05, 4.69) is 13.0 Å². The minimum absolute atomic E-state index is 0.0395. The van der Waals surface area contributed by atoms with Gasteiger partial charge in [0.2, 0.25) is 0 Å². The molecule has 1 aromatic rings. The Morgan fingerprint density at radius 2 is 2.20 bits per heavy atom. The Kier molecular flexibility index (Phi) is 2.86. The van der Waals surface area contributed by atoms with Crippen LogP contribution < -0.4 is 0 Å². The van der Waals surface area contributed by atoms with Crippen molar-refractivity contribution < 1.29 is 9.53 Å². The molecule has 2 rings (SSSR count). The molecule has 1 aliphatic carbocycles. The number of rotatable bonds is 3. The standard InChI is InChI=1S/C13H14O2/c1-2-6-11-9-12(11)15-13(14)10-7-4-3-5-8-10/h3-8,12H,2,9H2,1H3/b11-6+/t12-/m0/s1. The zero-order valence-electron chi connectivity index (χ0n) is 8.77. The number of carbonyl (C=O) groups excluding carboxylic acids is 1. The number of esters is 1. The van der Waals surface area contributed by atoms with E-state index in [0.717, 1.165) is 12.8 Å². The van der Waals surface area contributed by atoms with Crippen molar-refractivity contribution in [3.05, 3.63) is 47.5 Å². The van der Waals surface area contributed by atoms with Gasteiger partial charge in [0.15, 0.2) is 0 Å². The van der Waals surface area contributed by atoms with E-state index in [-0.39, 0.29) is 12.1 Å². The van der Waals surface area contributed by atoms with Crippen molar-refractivity contribution in [2.75, 3.05) is 0 Å². The van der Waals surface area contributed by atoms with Crippen LogP contribution in [0.2, 0.25) is 0 Å². The van der Waals surface area contributed by atoms with Gasteiger partial charge >= 0.3 is 5.97 Å². The Balaban J connectivity index is 1.92. The van der Waals surface area contributed by atoms with Crippen LogP contribution in [-0.2, 0) is 4.74 Å². The van der Waals surface area contributed by atoms with E-state index in [9.17, 15) is 4.79 Å². The van der Waals surface area contributed by atoms with Gasteiger partial charge < -0.3 is 4.74 Å². The van der Waals surface area contributed by atoms with E-state index in [1.165, 1.54) is 5.57 Å². The van der Waals surface area contributed by atoms with Crippen LogP contribution >= 0.6 is 0 Å². The molecule has 2 heteroatoms. The number of allylic oxidation sites excluding steroid dienone is 1. The van der Waals surface area contributed by atoms with Gasteiger partial charge in [0.25, 0.3) is 0 Å². The second kappa shape index (κ2) is 4.30. The number of hydrogen-bond donors (Lipinski definition) is 0. The summed E-state index contributed by atoms with van der Waals surface area (Å²) in [6.07, 6.45) is 4.09. The summed E-state index contributed by atoms with van der Waals surface area (Å²) in [5.41, 5.74) is 1.88. The molecule has 1 aliphatic rings. The van der Waals surface area contributed by atoms with E-state index < -0.39 is 0 Å². The molecule has 0 aliphatic heterocycles. The van der Waals surface area contributed by atoms with Gasteiger partial charge in [0.1, 0.15) is 6.10 Å². The molecule has 0 unspecified atom stereocenters. The zero-order valence-corrected chi connectivity index (χ0v) is 8.77. The molecule has 0 N–H and O–H groups in total. The Bertz CT molecular complexity index is 379.